The zero-order chi connectivity index (χ0) is 12.4. The Morgan fingerprint density at radius 2 is 2.21 bits per heavy atom. The van der Waals surface area contributed by atoms with Crippen molar-refractivity contribution in [2.45, 2.75) is 24.7 Å². The molecule has 110 valence electrons. The highest BCUT2D eigenvalue weighted by Crippen LogP contribution is 2.32. The Hall–Kier alpha value is -0.120. The smallest absolute Gasteiger partial charge is 0.193 e. The first-order chi connectivity index (χ1) is 8.77. The lowest BCUT2D eigenvalue weighted by atomic mass is 10.1. The van der Waals surface area contributed by atoms with Crippen molar-refractivity contribution in [2.75, 3.05) is 46.5 Å². The van der Waals surface area contributed by atoms with E-state index in [2.05, 4.69) is 15.2 Å². The highest BCUT2D eigenvalue weighted by molar-refractivity contribution is 14.0. The molecule has 6 nitrogen and oxygen atoms in total. The molecule has 1 N–H and O–H groups in total. The lowest BCUT2D eigenvalue weighted by Crippen LogP contribution is -2.42. The largest absolute Gasteiger partial charge is 0.381 e. The summed E-state index contributed by atoms with van der Waals surface area (Å²) < 4.78 is 17.2. The summed E-state index contributed by atoms with van der Waals surface area (Å²) in [5, 5.41) is 3.33. The molecule has 2 fully saturated rings. The third kappa shape index (κ3) is 3.50. The zero-order valence-electron chi connectivity index (χ0n) is 11.3. The molecular weight excluding hydrogens is 361 g/mol. The number of hydrogen-bond donors (Lipinski definition) is 1. The van der Waals surface area contributed by atoms with E-state index in [0.29, 0.717) is 6.61 Å². The summed E-state index contributed by atoms with van der Waals surface area (Å²) in [6.45, 7) is 4.74. The van der Waals surface area contributed by atoms with Gasteiger partial charge in [-0.3, -0.25) is 4.99 Å². The number of halogens is 1. The Bertz CT molecular complexity index is 334. The molecule has 7 heteroatoms. The highest BCUT2D eigenvalue weighted by Gasteiger charge is 2.42. The van der Waals surface area contributed by atoms with E-state index in [4.69, 9.17) is 14.2 Å². The van der Waals surface area contributed by atoms with E-state index in [9.17, 15) is 0 Å². The number of ether oxygens (including phenoxy) is 3. The van der Waals surface area contributed by atoms with Crippen LogP contribution < -0.4 is 5.32 Å². The van der Waals surface area contributed by atoms with Gasteiger partial charge in [0.15, 0.2) is 11.7 Å². The van der Waals surface area contributed by atoms with Gasteiger partial charge in [-0.25, -0.2) is 0 Å². The average molecular weight is 383 g/mol. The zero-order valence-corrected chi connectivity index (χ0v) is 13.6. The molecule has 3 rings (SSSR count). The van der Waals surface area contributed by atoms with Gasteiger partial charge in [0, 0.05) is 33.0 Å². The summed E-state index contributed by atoms with van der Waals surface area (Å²) in [5.41, 5.74) is 0. The minimum absolute atomic E-state index is 0. The summed E-state index contributed by atoms with van der Waals surface area (Å²) in [7, 11) is 2.05. The van der Waals surface area contributed by atoms with Crippen LogP contribution in [0.5, 0.6) is 0 Å². The molecule has 19 heavy (non-hydrogen) atoms. The van der Waals surface area contributed by atoms with Gasteiger partial charge in [-0.05, 0) is 0 Å². The molecule has 3 heterocycles. The summed E-state index contributed by atoms with van der Waals surface area (Å²) in [6, 6.07) is 0. The highest BCUT2D eigenvalue weighted by atomic mass is 127. The molecule has 0 saturated carbocycles. The molecular formula is C12H22IN3O3. The SMILES string of the molecule is CN1CCN=C1NCC1COC2(CCOCC2)O1.I. The Morgan fingerprint density at radius 3 is 2.89 bits per heavy atom. The quantitative estimate of drug-likeness (QED) is 0.701. The van der Waals surface area contributed by atoms with Crippen molar-refractivity contribution < 1.29 is 14.2 Å². The predicted molar refractivity (Wildman–Crippen MR) is 82.0 cm³/mol. The van der Waals surface area contributed by atoms with Gasteiger partial charge in [0.05, 0.1) is 26.4 Å². The molecule has 3 aliphatic rings. The van der Waals surface area contributed by atoms with Crippen molar-refractivity contribution in [3.63, 3.8) is 0 Å². The maximum absolute atomic E-state index is 6.05. The molecule has 0 amide bonds. The maximum atomic E-state index is 6.05. The van der Waals surface area contributed by atoms with Crippen molar-refractivity contribution in [3.8, 4) is 0 Å². The minimum Gasteiger partial charge on any atom is -0.381 e. The van der Waals surface area contributed by atoms with Crippen LogP contribution in [0.4, 0.5) is 0 Å². The number of likely N-dealkylation sites (N-methyl/N-ethyl adjacent to an activating group) is 1. The monoisotopic (exact) mass is 383 g/mol. The molecule has 0 bridgehead atoms. The van der Waals surface area contributed by atoms with Gasteiger partial charge in [-0.1, -0.05) is 0 Å². The number of nitrogens with zero attached hydrogens (tertiary/aromatic N) is 2. The second-order valence-electron chi connectivity index (χ2n) is 5.08. The van der Waals surface area contributed by atoms with Crippen LogP contribution in [0.1, 0.15) is 12.8 Å². The summed E-state index contributed by atoms with van der Waals surface area (Å²) >= 11 is 0. The van der Waals surface area contributed by atoms with Crippen LogP contribution in [0.25, 0.3) is 0 Å². The number of rotatable bonds is 2. The van der Waals surface area contributed by atoms with Crippen molar-refractivity contribution in [3.05, 3.63) is 0 Å². The van der Waals surface area contributed by atoms with Crippen LogP contribution in [0, 0.1) is 0 Å². The Labute approximate surface area is 130 Å². The molecule has 1 atom stereocenters. The first-order valence-corrected chi connectivity index (χ1v) is 6.66. The fourth-order valence-electron chi connectivity index (χ4n) is 2.59. The van der Waals surface area contributed by atoms with Crippen molar-refractivity contribution in [1.82, 2.24) is 10.2 Å². The first kappa shape index (κ1) is 15.3. The number of nitrogens with one attached hydrogen (secondary N) is 1. The second-order valence-corrected chi connectivity index (χ2v) is 5.08. The van der Waals surface area contributed by atoms with Crippen LogP contribution in [-0.2, 0) is 14.2 Å². The number of guanidine groups is 1. The lowest BCUT2D eigenvalue weighted by Gasteiger charge is -2.31. The third-order valence-corrected chi connectivity index (χ3v) is 3.71. The van der Waals surface area contributed by atoms with E-state index in [1.54, 1.807) is 0 Å². The van der Waals surface area contributed by atoms with Crippen LogP contribution >= 0.6 is 24.0 Å². The van der Waals surface area contributed by atoms with Gasteiger partial charge >= 0.3 is 0 Å². The van der Waals surface area contributed by atoms with Crippen LogP contribution in [0.2, 0.25) is 0 Å². The van der Waals surface area contributed by atoms with Crippen LogP contribution in [0.3, 0.4) is 0 Å². The van der Waals surface area contributed by atoms with Gasteiger partial charge in [0.1, 0.15) is 6.10 Å². The molecule has 0 aromatic rings. The van der Waals surface area contributed by atoms with Gasteiger partial charge < -0.3 is 24.4 Å². The number of hydrogen-bond acceptors (Lipinski definition) is 6. The molecule has 1 unspecified atom stereocenters. The van der Waals surface area contributed by atoms with Crippen molar-refractivity contribution in [2.24, 2.45) is 4.99 Å². The van der Waals surface area contributed by atoms with E-state index in [1.807, 2.05) is 7.05 Å². The summed E-state index contributed by atoms with van der Waals surface area (Å²) in [5.74, 6) is 0.583. The van der Waals surface area contributed by atoms with E-state index >= 15 is 0 Å². The molecule has 2 saturated heterocycles. The maximum Gasteiger partial charge on any atom is 0.193 e. The molecule has 0 aromatic heterocycles. The molecule has 3 aliphatic heterocycles. The summed E-state index contributed by atoms with van der Waals surface area (Å²) in [6.07, 6.45) is 1.79. The normalized spacial score (nSPS) is 29.2. The Kier molecular flexibility index (Phi) is 5.27. The molecule has 0 aromatic carbocycles. The van der Waals surface area contributed by atoms with E-state index in [0.717, 1.165) is 51.6 Å². The van der Waals surface area contributed by atoms with Gasteiger partial charge in [0.2, 0.25) is 0 Å². The van der Waals surface area contributed by atoms with Gasteiger partial charge in [-0.2, -0.15) is 0 Å². The lowest BCUT2D eigenvalue weighted by molar-refractivity contribution is -0.210. The third-order valence-electron chi connectivity index (χ3n) is 3.71. The van der Waals surface area contributed by atoms with Crippen LogP contribution in [-0.4, -0.2) is 69.3 Å². The van der Waals surface area contributed by atoms with Crippen molar-refractivity contribution in [1.29, 1.82) is 0 Å². The van der Waals surface area contributed by atoms with Crippen LogP contribution in [0.15, 0.2) is 4.99 Å². The average Bonchev–Trinajstić information content (AvgIpc) is 2.96. The van der Waals surface area contributed by atoms with Crippen molar-refractivity contribution >= 4 is 29.9 Å². The fourth-order valence-corrected chi connectivity index (χ4v) is 2.59. The van der Waals surface area contributed by atoms with Gasteiger partial charge in [-0.15, -0.1) is 24.0 Å². The standard InChI is InChI=1S/C12H21N3O3.HI/c1-15-5-4-13-11(15)14-8-10-9-17-12(18-10)2-6-16-7-3-12;/h10H,2-9H2,1H3,(H,13,14);1H. The Morgan fingerprint density at radius 1 is 1.42 bits per heavy atom. The van der Waals surface area contributed by atoms with E-state index in [-0.39, 0.29) is 35.9 Å². The molecule has 0 aliphatic carbocycles. The number of aliphatic imine (C=N–C) groups is 1. The van der Waals surface area contributed by atoms with E-state index in [1.165, 1.54) is 0 Å². The second kappa shape index (κ2) is 6.55. The topological polar surface area (TPSA) is 55.3 Å². The molecule has 1 spiro atoms. The predicted octanol–water partition coefficient (Wildman–Crippen LogP) is 0.417. The van der Waals surface area contributed by atoms with Gasteiger partial charge in [0.25, 0.3) is 0 Å². The molecule has 0 radical (unpaired) electrons. The minimum atomic E-state index is -0.381. The Balaban J connectivity index is 0.00000133. The summed E-state index contributed by atoms with van der Waals surface area (Å²) in [4.78, 5) is 6.52. The fraction of sp³-hybridized carbons (Fsp3) is 0.917. The first-order valence-electron chi connectivity index (χ1n) is 6.66. The van der Waals surface area contributed by atoms with E-state index < -0.39 is 0 Å².